The van der Waals surface area contributed by atoms with Crippen LogP contribution < -0.4 is 11.2 Å². The van der Waals surface area contributed by atoms with E-state index >= 15 is 0 Å². The van der Waals surface area contributed by atoms with Crippen LogP contribution in [-0.4, -0.2) is 55.3 Å². The maximum atomic E-state index is 12.8. The van der Waals surface area contributed by atoms with Crippen molar-refractivity contribution >= 4 is 17.1 Å². The van der Waals surface area contributed by atoms with Crippen LogP contribution in [0.4, 0.5) is 0 Å². The van der Waals surface area contributed by atoms with Gasteiger partial charge in [0.05, 0.1) is 6.33 Å². The fourth-order valence-corrected chi connectivity index (χ4v) is 5.68. The zero-order valence-electron chi connectivity index (χ0n) is 26.7. The number of carbonyl (C=O) groups excluding carboxylic acids is 1. The highest BCUT2D eigenvalue weighted by molar-refractivity contribution is 5.69. The minimum atomic E-state index is -0.303. The highest BCUT2D eigenvalue weighted by Gasteiger charge is 2.16. The first-order valence-electron chi connectivity index (χ1n) is 16.3. The van der Waals surface area contributed by atoms with E-state index in [-0.39, 0.29) is 23.3 Å². The number of rotatable bonds is 23. The quantitative estimate of drug-likeness (QED) is 0.120. The molecule has 0 fully saturated rings. The molecule has 0 spiro atoms. The van der Waals surface area contributed by atoms with E-state index < -0.39 is 0 Å². The van der Waals surface area contributed by atoms with Crippen molar-refractivity contribution in [3.8, 4) is 0 Å². The SMILES string of the molecule is CCCCCCCCCCN(CC)CC(CCCCCCCCCn1c(=O)c2c(ncn2C)n(C)c1=O)OC(C)=O. The number of unbranched alkanes of at least 4 members (excludes halogenated alkanes) is 13. The summed E-state index contributed by atoms with van der Waals surface area (Å²) in [4.78, 5) is 43.8. The largest absolute Gasteiger partial charge is 0.461 e. The van der Waals surface area contributed by atoms with Gasteiger partial charge >= 0.3 is 11.7 Å². The molecular formula is C32H57N5O4. The van der Waals surface area contributed by atoms with E-state index in [0.29, 0.717) is 17.7 Å². The molecule has 0 N–H and O–H groups in total. The van der Waals surface area contributed by atoms with Crippen LogP contribution in [0, 0.1) is 0 Å². The molecule has 1 atom stereocenters. The predicted octanol–water partition coefficient (Wildman–Crippen LogP) is 5.95. The average molecular weight is 576 g/mol. The lowest BCUT2D eigenvalue weighted by atomic mass is 10.1. The molecule has 2 heterocycles. The predicted molar refractivity (Wildman–Crippen MR) is 167 cm³/mol. The van der Waals surface area contributed by atoms with Crippen LogP contribution >= 0.6 is 0 Å². The van der Waals surface area contributed by atoms with E-state index in [4.69, 9.17) is 4.74 Å². The molecule has 0 bridgehead atoms. The molecule has 0 aliphatic carbocycles. The molecule has 0 aliphatic heterocycles. The number of aromatic nitrogens is 4. The lowest BCUT2D eigenvalue weighted by Gasteiger charge is -2.26. The highest BCUT2D eigenvalue weighted by atomic mass is 16.5. The molecule has 41 heavy (non-hydrogen) atoms. The van der Waals surface area contributed by atoms with E-state index in [2.05, 4.69) is 23.7 Å². The van der Waals surface area contributed by atoms with Crippen molar-refractivity contribution in [3.05, 3.63) is 27.2 Å². The molecule has 0 radical (unpaired) electrons. The molecule has 2 aromatic rings. The molecular weight excluding hydrogens is 518 g/mol. The summed E-state index contributed by atoms with van der Waals surface area (Å²) in [6.07, 6.45) is 20.4. The minimum Gasteiger partial charge on any atom is -0.461 e. The average Bonchev–Trinajstić information content (AvgIpc) is 3.34. The summed E-state index contributed by atoms with van der Waals surface area (Å²) in [5.74, 6) is -0.186. The van der Waals surface area contributed by atoms with Crippen LogP contribution in [0.5, 0.6) is 0 Å². The van der Waals surface area contributed by atoms with Crippen LogP contribution in [0.3, 0.4) is 0 Å². The summed E-state index contributed by atoms with van der Waals surface area (Å²) < 4.78 is 10.2. The third kappa shape index (κ3) is 12.1. The van der Waals surface area contributed by atoms with E-state index in [0.717, 1.165) is 71.0 Å². The topological polar surface area (TPSA) is 91.4 Å². The van der Waals surface area contributed by atoms with Crippen molar-refractivity contribution in [2.45, 2.75) is 136 Å². The van der Waals surface area contributed by atoms with Gasteiger partial charge in [0.15, 0.2) is 11.2 Å². The summed E-state index contributed by atoms with van der Waals surface area (Å²) in [5.41, 5.74) is 0.336. The molecule has 234 valence electrons. The maximum Gasteiger partial charge on any atom is 0.332 e. The summed E-state index contributed by atoms with van der Waals surface area (Å²) in [5, 5.41) is 0. The Balaban J connectivity index is 1.62. The monoisotopic (exact) mass is 575 g/mol. The molecule has 1 unspecified atom stereocenters. The van der Waals surface area contributed by atoms with Crippen molar-refractivity contribution < 1.29 is 9.53 Å². The Morgan fingerprint density at radius 3 is 2.07 bits per heavy atom. The molecule has 0 aliphatic rings. The van der Waals surface area contributed by atoms with Gasteiger partial charge in [-0.3, -0.25) is 23.6 Å². The number of likely N-dealkylation sites (N-methyl/N-ethyl adjacent to an activating group) is 1. The fourth-order valence-electron chi connectivity index (χ4n) is 5.68. The van der Waals surface area contributed by atoms with Crippen molar-refractivity contribution in [2.24, 2.45) is 14.1 Å². The Morgan fingerprint density at radius 1 is 0.878 bits per heavy atom. The summed E-state index contributed by atoms with van der Waals surface area (Å²) in [6, 6.07) is 0. The van der Waals surface area contributed by atoms with Gasteiger partial charge in [-0.05, 0) is 38.8 Å². The van der Waals surface area contributed by atoms with Gasteiger partial charge in [-0.25, -0.2) is 9.78 Å². The lowest BCUT2D eigenvalue weighted by molar-refractivity contribution is -0.147. The second-order valence-electron chi connectivity index (χ2n) is 11.7. The Kier molecular flexibility index (Phi) is 16.7. The Hall–Kier alpha value is -2.42. The Bertz CT molecular complexity index is 1140. The van der Waals surface area contributed by atoms with Gasteiger partial charge < -0.3 is 9.30 Å². The molecule has 0 amide bonds. The summed E-state index contributed by atoms with van der Waals surface area (Å²) >= 11 is 0. The first kappa shape index (κ1) is 34.8. The van der Waals surface area contributed by atoms with Crippen molar-refractivity contribution in [2.75, 3.05) is 19.6 Å². The van der Waals surface area contributed by atoms with Gasteiger partial charge in [-0.2, -0.15) is 0 Å². The van der Waals surface area contributed by atoms with Gasteiger partial charge in [0.2, 0.25) is 0 Å². The molecule has 0 aromatic carbocycles. The van der Waals surface area contributed by atoms with Crippen LogP contribution in [0.1, 0.15) is 124 Å². The van der Waals surface area contributed by atoms with Crippen LogP contribution in [0.15, 0.2) is 15.9 Å². The maximum absolute atomic E-state index is 12.8. The zero-order chi connectivity index (χ0) is 30.0. The molecule has 9 heteroatoms. The number of aryl methyl sites for hydroxylation is 2. The number of hydrogen-bond donors (Lipinski definition) is 0. The first-order valence-corrected chi connectivity index (χ1v) is 16.3. The second-order valence-corrected chi connectivity index (χ2v) is 11.7. The molecule has 2 aromatic heterocycles. The van der Waals surface area contributed by atoms with E-state index in [1.807, 2.05) is 0 Å². The van der Waals surface area contributed by atoms with Gasteiger partial charge in [0.25, 0.3) is 5.56 Å². The van der Waals surface area contributed by atoms with Crippen LogP contribution in [0.2, 0.25) is 0 Å². The molecule has 2 rings (SSSR count). The van der Waals surface area contributed by atoms with Crippen molar-refractivity contribution in [3.63, 3.8) is 0 Å². The number of imidazole rings is 1. The third-order valence-corrected chi connectivity index (χ3v) is 8.18. The second kappa shape index (κ2) is 19.7. The van der Waals surface area contributed by atoms with Crippen LogP contribution in [-0.2, 0) is 30.2 Å². The number of esters is 1. The number of hydrogen-bond acceptors (Lipinski definition) is 6. The first-order chi connectivity index (χ1) is 19.8. The normalized spacial score (nSPS) is 12.4. The number of fused-ring (bicyclic) bond motifs is 1. The zero-order valence-corrected chi connectivity index (χ0v) is 26.7. The third-order valence-electron chi connectivity index (χ3n) is 8.18. The van der Waals surface area contributed by atoms with Crippen LogP contribution in [0.25, 0.3) is 11.2 Å². The number of nitrogens with zero attached hydrogens (tertiary/aromatic N) is 5. The fraction of sp³-hybridized carbons (Fsp3) is 0.812. The summed E-state index contributed by atoms with van der Waals surface area (Å²) in [6.45, 7) is 9.30. The minimum absolute atomic E-state index is 0.0285. The molecule has 0 saturated carbocycles. The van der Waals surface area contributed by atoms with Gasteiger partial charge in [-0.1, -0.05) is 90.9 Å². The standard InChI is InChI=1S/C32H57N5O4/c1-6-8-9-10-11-14-17-20-23-36(7-2)25-28(41-27(3)38)22-19-16-13-12-15-18-21-24-37-31(39)29-30(33-26-34(29)4)35(5)32(37)40/h26,28H,6-25H2,1-5H3. The molecule has 9 nitrogen and oxygen atoms in total. The summed E-state index contributed by atoms with van der Waals surface area (Å²) in [7, 11) is 3.44. The molecule has 0 saturated heterocycles. The van der Waals surface area contributed by atoms with E-state index in [1.54, 1.807) is 25.0 Å². The van der Waals surface area contributed by atoms with Gasteiger partial charge in [0.1, 0.15) is 6.10 Å². The number of carbonyl (C=O) groups is 1. The Labute approximate surface area is 247 Å². The van der Waals surface area contributed by atoms with Gasteiger partial charge in [-0.15, -0.1) is 0 Å². The van der Waals surface area contributed by atoms with Gasteiger partial charge in [0, 0.05) is 34.1 Å². The lowest BCUT2D eigenvalue weighted by Crippen LogP contribution is -2.39. The van der Waals surface area contributed by atoms with Crippen molar-refractivity contribution in [1.29, 1.82) is 0 Å². The Morgan fingerprint density at radius 2 is 1.46 bits per heavy atom. The smallest absolute Gasteiger partial charge is 0.332 e. The van der Waals surface area contributed by atoms with E-state index in [9.17, 15) is 14.4 Å². The number of ether oxygens (including phenoxy) is 1. The van der Waals surface area contributed by atoms with Crippen molar-refractivity contribution in [1.82, 2.24) is 23.6 Å². The van der Waals surface area contributed by atoms with E-state index in [1.165, 1.54) is 67.4 Å². The highest BCUT2D eigenvalue weighted by Crippen LogP contribution is 2.14.